The predicted molar refractivity (Wildman–Crippen MR) is 80.4 cm³/mol. The lowest BCUT2D eigenvalue weighted by atomic mass is 9.74. The summed E-state index contributed by atoms with van der Waals surface area (Å²) in [5.41, 5.74) is 10.9. The van der Waals surface area contributed by atoms with Gasteiger partial charge in [-0.05, 0) is 23.1 Å². The fourth-order valence-corrected chi connectivity index (χ4v) is 2.95. The van der Waals surface area contributed by atoms with Crippen LogP contribution in [0.4, 0.5) is 0 Å². The van der Waals surface area contributed by atoms with Crippen molar-refractivity contribution >= 4 is 0 Å². The standard InChI is InChI=1S/C17H15N3/c18-20-19-16-11-12-17(13-16,14-7-3-1-4-8-14)15-9-5-2-6-10-15/h1-12,16H,13H2. The van der Waals surface area contributed by atoms with Crippen LogP contribution in [-0.2, 0) is 5.41 Å². The summed E-state index contributed by atoms with van der Waals surface area (Å²) in [4.78, 5) is 2.94. The van der Waals surface area contributed by atoms with Crippen LogP contribution in [0.3, 0.4) is 0 Å². The molecule has 3 nitrogen and oxygen atoms in total. The highest BCUT2D eigenvalue weighted by atomic mass is 15.1. The molecule has 0 saturated carbocycles. The van der Waals surface area contributed by atoms with Crippen LogP contribution in [0.15, 0.2) is 77.9 Å². The summed E-state index contributed by atoms with van der Waals surface area (Å²) in [5.74, 6) is 0. The zero-order chi connectivity index (χ0) is 13.8. The molecule has 0 spiro atoms. The minimum absolute atomic E-state index is 0.0830. The molecule has 0 aromatic heterocycles. The summed E-state index contributed by atoms with van der Waals surface area (Å²) < 4.78 is 0. The monoisotopic (exact) mass is 261 g/mol. The summed E-state index contributed by atoms with van der Waals surface area (Å²) >= 11 is 0. The molecule has 1 unspecified atom stereocenters. The molecule has 1 atom stereocenters. The molecule has 3 heteroatoms. The van der Waals surface area contributed by atoms with Crippen LogP contribution in [-0.4, -0.2) is 6.04 Å². The van der Waals surface area contributed by atoms with E-state index in [1.807, 2.05) is 18.2 Å². The molecule has 0 fully saturated rings. The molecule has 0 amide bonds. The van der Waals surface area contributed by atoms with E-state index >= 15 is 0 Å². The lowest BCUT2D eigenvalue weighted by Crippen LogP contribution is -2.24. The van der Waals surface area contributed by atoms with E-state index in [0.717, 1.165) is 6.42 Å². The normalized spacial score (nSPS) is 19.5. The second-order valence-electron chi connectivity index (χ2n) is 5.04. The second kappa shape index (κ2) is 5.24. The first-order valence-corrected chi connectivity index (χ1v) is 6.70. The van der Waals surface area contributed by atoms with Gasteiger partial charge in [0.2, 0.25) is 0 Å². The van der Waals surface area contributed by atoms with Gasteiger partial charge in [-0.1, -0.05) is 77.9 Å². The predicted octanol–water partition coefficient (Wildman–Crippen LogP) is 4.61. The molecule has 20 heavy (non-hydrogen) atoms. The molecule has 1 aliphatic rings. The smallest absolute Gasteiger partial charge is 0.0570 e. The van der Waals surface area contributed by atoms with Gasteiger partial charge in [0.15, 0.2) is 0 Å². The van der Waals surface area contributed by atoms with Gasteiger partial charge in [0, 0.05) is 10.3 Å². The van der Waals surface area contributed by atoms with Crippen molar-refractivity contribution < 1.29 is 0 Å². The van der Waals surface area contributed by atoms with Gasteiger partial charge < -0.3 is 0 Å². The Morgan fingerprint density at radius 2 is 1.50 bits per heavy atom. The van der Waals surface area contributed by atoms with Crippen LogP contribution in [0.25, 0.3) is 10.4 Å². The molecule has 98 valence electrons. The van der Waals surface area contributed by atoms with Gasteiger partial charge in [-0.25, -0.2) is 0 Å². The van der Waals surface area contributed by atoms with Crippen molar-refractivity contribution in [3.05, 3.63) is 94.4 Å². The Morgan fingerprint density at radius 3 is 2.00 bits per heavy atom. The van der Waals surface area contributed by atoms with E-state index in [2.05, 4.69) is 64.6 Å². The van der Waals surface area contributed by atoms with Crippen LogP contribution in [0.5, 0.6) is 0 Å². The average molecular weight is 261 g/mol. The van der Waals surface area contributed by atoms with E-state index in [1.165, 1.54) is 11.1 Å². The van der Waals surface area contributed by atoms with Gasteiger partial charge in [0.1, 0.15) is 0 Å². The molecule has 0 heterocycles. The molecule has 0 bridgehead atoms. The molecular formula is C17H15N3. The summed E-state index contributed by atoms with van der Waals surface area (Å²) in [6, 6.07) is 20.7. The quantitative estimate of drug-likeness (QED) is 0.335. The summed E-state index contributed by atoms with van der Waals surface area (Å²) in [5, 5.41) is 3.86. The van der Waals surface area contributed by atoms with E-state index in [9.17, 15) is 0 Å². The van der Waals surface area contributed by atoms with Gasteiger partial charge >= 0.3 is 0 Å². The van der Waals surface area contributed by atoms with Gasteiger partial charge in [-0.15, -0.1) is 0 Å². The maximum atomic E-state index is 8.66. The van der Waals surface area contributed by atoms with Gasteiger partial charge in [-0.2, -0.15) is 0 Å². The third-order valence-corrected chi connectivity index (χ3v) is 3.91. The Balaban J connectivity index is 2.11. The van der Waals surface area contributed by atoms with Crippen molar-refractivity contribution in [1.29, 1.82) is 0 Å². The van der Waals surface area contributed by atoms with Crippen LogP contribution < -0.4 is 0 Å². The molecule has 3 rings (SSSR count). The zero-order valence-electron chi connectivity index (χ0n) is 11.1. The largest absolute Gasteiger partial charge is 0.0865 e. The Kier molecular flexibility index (Phi) is 3.28. The summed E-state index contributed by atoms with van der Waals surface area (Å²) in [7, 11) is 0. The van der Waals surface area contributed by atoms with Gasteiger partial charge in [0.25, 0.3) is 0 Å². The molecule has 1 aliphatic carbocycles. The highest BCUT2D eigenvalue weighted by Gasteiger charge is 2.37. The van der Waals surface area contributed by atoms with E-state index < -0.39 is 0 Å². The van der Waals surface area contributed by atoms with Gasteiger partial charge in [0.05, 0.1) is 6.04 Å². The third-order valence-electron chi connectivity index (χ3n) is 3.91. The molecule has 2 aromatic rings. The summed E-state index contributed by atoms with van der Waals surface area (Å²) in [6.45, 7) is 0. The maximum absolute atomic E-state index is 8.66. The zero-order valence-corrected chi connectivity index (χ0v) is 11.1. The van der Waals surface area contributed by atoms with Crippen molar-refractivity contribution in [2.45, 2.75) is 17.9 Å². The van der Waals surface area contributed by atoms with E-state index in [4.69, 9.17) is 5.53 Å². The number of allylic oxidation sites excluding steroid dienone is 1. The Hall–Kier alpha value is -2.51. The number of azide groups is 1. The molecule has 0 saturated heterocycles. The number of hydrogen-bond acceptors (Lipinski definition) is 1. The van der Waals surface area contributed by atoms with Crippen molar-refractivity contribution in [2.24, 2.45) is 5.11 Å². The van der Waals surface area contributed by atoms with Gasteiger partial charge in [-0.3, -0.25) is 0 Å². The number of nitrogens with zero attached hydrogens (tertiary/aromatic N) is 3. The first kappa shape index (κ1) is 12.5. The second-order valence-corrected chi connectivity index (χ2v) is 5.04. The van der Waals surface area contributed by atoms with E-state index in [-0.39, 0.29) is 11.5 Å². The minimum atomic E-state index is -0.193. The Labute approximate surface area is 118 Å². The molecule has 0 aliphatic heterocycles. The van der Waals surface area contributed by atoms with E-state index in [1.54, 1.807) is 0 Å². The molecular weight excluding hydrogens is 246 g/mol. The average Bonchev–Trinajstić information content (AvgIpc) is 2.95. The summed E-state index contributed by atoms with van der Waals surface area (Å²) in [6.07, 6.45) is 4.97. The van der Waals surface area contributed by atoms with Crippen molar-refractivity contribution in [3.63, 3.8) is 0 Å². The maximum Gasteiger partial charge on any atom is 0.0570 e. The number of rotatable bonds is 3. The highest BCUT2D eigenvalue weighted by Crippen LogP contribution is 2.42. The highest BCUT2D eigenvalue weighted by molar-refractivity contribution is 5.47. The molecule has 0 N–H and O–H groups in total. The number of benzene rings is 2. The van der Waals surface area contributed by atoms with E-state index in [0.29, 0.717) is 0 Å². The SMILES string of the molecule is [N-]=[N+]=NC1C=CC(c2ccccc2)(c2ccccc2)C1. The van der Waals surface area contributed by atoms with Crippen molar-refractivity contribution in [1.82, 2.24) is 0 Å². The lowest BCUT2D eigenvalue weighted by Gasteiger charge is -2.29. The topological polar surface area (TPSA) is 48.8 Å². The van der Waals surface area contributed by atoms with Crippen molar-refractivity contribution in [3.8, 4) is 0 Å². The molecule has 2 aromatic carbocycles. The molecule has 0 radical (unpaired) electrons. The fraction of sp³-hybridized carbons (Fsp3) is 0.176. The van der Waals surface area contributed by atoms with Crippen LogP contribution in [0, 0.1) is 0 Å². The Morgan fingerprint density at radius 1 is 0.950 bits per heavy atom. The number of hydrogen-bond donors (Lipinski definition) is 0. The first-order chi connectivity index (χ1) is 9.85. The van der Waals surface area contributed by atoms with Crippen molar-refractivity contribution in [2.75, 3.05) is 0 Å². The van der Waals surface area contributed by atoms with Crippen LogP contribution in [0.1, 0.15) is 17.5 Å². The third kappa shape index (κ3) is 2.09. The van der Waals surface area contributed by atoms with Crippen LogP contribution in [0.2, 0.25) is 0 Å². The Bertz CT molecular complexity index is 616. The first-order valence-electron chi connectivity index (χ1n) is 6.70. The fourth-order valence-electron chi connectivity index (χ4n) is 2.95. The lowest BCUT2D eigenvalue weighted by molar-refractivity contribution is 0.580. The van der Waals surface area contributed by atoms with Crippen LogP contribution >= 0.6 is 0 Å². The minimum Gasteiger partial charge on any atom is -0.0865 e.